The number of halogens is 1. The Morgan fingerprint density at radius 1 is 1.43 bits per heavy atom. The molecule has 0 unspecified atom stereocenters. The van der Waals surface area contributed by atoms with Crippen molar-refractivity contribution in [3.8, 4) is 0 Å². The van der Waals surface area contributed by atoms with Crippen molar-refractivity contribution < 1.29 is 14.3 Å². The summed E-state index contributed by atoms with van der Waals surface area (Å²) in [6.45, 7) is 1.87. The van der Waals surface area contributed by atoms with Crippen LogP contribution < -0.4 is 0 Å². The monoisotopic (exact) mass is 210 g/mol. The highest BCUT2D eigenvalue weighted by molar-refractivity contribution is 6.35. The maximum absolute atomic E-state index is 10.6. The summed E-state index contributed by atoms with van der Waals surface area (Å²) in [5.41, 5.74) is 1.45. The molecule has 72 valence electrons. The van der Waals surface area contributed by atoms with Gasteiger partial charge >= 0.3 is 5.97 Å². The summed E-state index contributed by atoms with van der Waals surface area (Å²) in [5.74, 6) is -1.18. The average molecular weight is 211 g/mol. The number of hydrogen-bond donors (Lipinski definition) is 1. The van der Waals surface area contributed by atoms with Crippen molar-refractivity contribution in [3.63, 3.8) is 0 Å². The first-order chi connectivity index (χ1) is 6.58. The Kier molecular flexibility index (Phi) is 1.97. The highest BCUT2D eigenvalue weighted by Crippen LogP contribution is 2.28. The van der Waals surface area contributed by atoms with Crippen LogP contribution in [0.5, 0.6) is 0 Å². The molecular weight excluding hydrogens is 204 g/mol. The van der Waals surface area contributed by atoms with Crippen LogP contribution in [-0.2, 0) is 0 Å². The van der Waals surface area contributed by atoms with Crippen molar-refractivity contribution in [2.45, 2.75) is 6.92 Å². The first-order valence-corrected chi connectivity index (χ1v) is 4.38. The minimum Gasteiger partial charge on any atom is -0.475 e. The Balaban J connectivity index is 2.76. The zero-order valence-electron chi connectivity index (χ0n) is 7.37. The van der Waals surface area contributed by atoms with Gasteiger partial charge in [-0.2, -0.15) is 0 Å². The Labute approximate surface area is 84.9 Å². The number of carboxylic acid groups (broad SMARTS) is 1. The maximum Gasteiger partial charge on any atom is 0.371 e. The molecule has 2 aromatic rings. The summed E-state index contributed by atoms with van der Waals surface area (Å²) < 4.78 is 5.11. The zero-order valence-corrected chi connectivity index (χ0v) is 8.13. The fourth-order valence-electron chi connectivity index (χ4n) is 1.33. The lowest BCUT2D eigenvalue weighted by Crippen LogP contribution is -1.91. The first-order valence-electron chi connectivity index (χ1n) is 4.01. The second-order valence-electron chi connectivity index (χ2n) is 3.07. The van der Waals surface area contributed by atoms with Gasteiger partial charge in [0.2, 0.25) is 5.76 Å². The van der Waals surface area contributed by atoms with E-state index in [4.69, 9.17) is 21.1 Å². The molecule has 0 bridgehead atoms. The molecule has 0 fully saturated rings. The quantitative estimate of drug-likeness (QED) is 0.787. The summed E-state index contributed by atoms with van der Waals surface area (Å²) >= 11 is 5.93. The van der Waals surface area contributed by atoms with E-state index in [1.54, 1.807) is 12.1 Å². The second-order valence-corrected chi connectivity index (χ2v) is 3.48. The number of fused-ring (bicyclic) bond motifs is 1. The van der Waals surface area contributed by atoms with Crippen molar-refractivity contribution in [1.82, 2.24) is 0 Å². The Morgan fingerprint density at radius 2 is 2.14 bits per heavy atom. The molecule has 0 spiro atoms. The lowest BCUT2D eigenvalue weighted by Gasteiger charge is -1.94. The summed E-state index contributed by atoms with van der Waals surface area (Å²) in [6, 6.07) is 4.96. The highest BCUT2D eigenvalue weighted by atomic mass is 35.5. The molecule has 3 nitrogen and oxygen atoms in total. The molecule has 0 amide bonds. The van der Waals surface area contributed by atoms with Crippen LogP contribution in [0, 0.1) is 6.92 Å². The van der Waals surface area contributed by atoms with Gasteiger partial charge in [-0.05, 0) is 24.6 Å². The number of furan rings is 1. The molecule has 1 aromatic heterocycles. The molecule has 0 aliphatic heterocycles. The maximum atomic E-state index is 10.6. The molecule has 0 saturated heterocycles. The largest absolute Gasteiger partial charge is 0.475 e. The van der Waals surface area contributed by atoms with Gasteiger partial charge in [0.1, 0.15) is 5.58 Å². The van der Waals surface area contributed by atoms with Gasteiger partial charge < -0.3 is 9.52 Å². The van der Waals surface area contributed by atoms with Crippen molar-refractivity contribution >= 4 is 28.5 Å². The number of aryl methyl sites for hydroxylation is 1. The Hall–Kier alpha value is -1.48. The smallest absolute Gasteiger partial charge is 0.371 e. The van der Waals surface area contributed by atoms with E-state index in [9.17, 15) is 4.79 Å². The molecule has 4 heteroatoms. The minimum absolute atomic E-state index is 0.0903. The van der Waals surface area contributed by atoms with Crippen LogP contribution >= 0.6 is 11.6 Å². The molecule has 1 aromatic carbocycles. The summed E-state index contributed by atoms with van der Waals surface area (Å²) in [6.07, 6.45) is 0. The highest BCUT2D eigenvalue weighted by Gasteiger charge is 2.12. The van der Waals surface area contributed by atoms with E-state index in [1.807, 2.05) is 6.92 Å². The lowest BCUT2D eigenvalue weighted by atomic mass is 10.2. The van der Waals surface area contributed by atoms with Crippen LogP contribution in [0.2, 0.25) is 5.02 Å². The fourth-order valence-corrected chi connectivity index (χ4v) is 1.65. The number of rotatable bonds is 1. The van der Waals surface area contributed by atoms with E-state index in [1.165, 1.54) is 6.07 Å². The van der Waals surface area contributed by atoms with Gasteiger partial charge in [-0.25, -0.2) is 4.79 Å². The summed E-state index contributed by atoms with van der Waals surface area (Å²) in [7, 11) is 0. The SMILES string of the molecule is Cc1cc(Cl)c2cc(C(=O)O)oc2c1. The molecule has 0 aliphatic carbocycles. The van der Waals surface area contributed by atoms with Crippen LogP contribution in [-0.4, -0.2) is 11.1 Å². The molecule has 0 aliphatic rings. The van der Waals surface area contributed by atoms with Gasteiger partial charge in [0.25, 0.3) is 0 Å². The lowest BCUT2D eigenvalue weighted by molar-refractivity contribution is 0.0665. The van der Waals surface area contributed by atoms with Crippen LogP contribution in [0.1, 0.15) is 16.1 Å². The third-order valence-corrected chi connectivity index (χ3v) is 2.25. The summed E-state index contributed by atoms with van der Waals surface area (Å²) in [4.78, 5) is 10.6. The Bertz CT molecular complexity index is 513. The van der Waals surface area contributed by atoms with Gasteiger partial charge in [-0.15, -0.1) is 0 Å². The Morgan fingerprint density at radius 3 is 2.79 bits per heavy atom. The predicted molar refractivity (Wildman–Crippen MR) is 52.9 cm³/mol. The molecular formula is C10H7ClO3. The molecule has 2 rings (SSSR count). The number of aromatic carboxylic acids is 1. The van der Waals surface area contributed by atoms with Crippen molar-refractivity contribution in [1.29, 1.82) is 0 Å². The van der Waals surface area contributed by atoms with E-state index in [2.05, 4.69) is 0 Å². The molecule has 0 radical (unpaired) electrons. The van der Waals surface area contributed by atoms with Crippen molar-refractivity contribution in [2.75, 3.05) is 0 Å². The average Bonchev–Trinajstić information content (AvgIpc) is 2.47. The van der Waals surface area contributed by atoms with Gasteiger partial charge in [0.15, 0.2) is 0 Å². The molecule has 14 heavy (non-hydrogen) atoms. The first kappa shape index (κ1) is 9.09. The molecule has 0 saturated carbocycles. The third kappa shape index (κ3) is 1.36. The predicted octanol–water partition coefficient (Wildman–Crippen LogP) is 3.09. The number of carboxylic acids is 1. The standard InChI is InChI=1S/C10H7ClO3/c1-5-2-7(11)6-4-9(10(12)13)14-8(6)3-5/h2-4H,1H3,(H,12,13). The van der Waals surface area contributed by atoms with Gasteiger partial charge in [-0.3, -0.25) is 0 Å². The minimum atomic E-state index is -1.09. The van der Waals surface area contributed by atoms with Gasteiger partial charge in [0, 0.05) is 11.5 Å². The van der Waals surface area contributed by atoms with Crippen LogP contribution in [0.3, 0.4) is 0 Å². The van der Waals surface area contributed by atoms with Crippen molar-refractivity contribution in [3.05, 3.63) is 34.5 Å². The molecule has 1 N–H and O–H groups in total. The molecule has 0 atom stereocenters. The van der Waals surface area contributed by atoms with Gasteiger partial charge in [0.05, 0.1) is 5.02 Å². The van der Waals surface area contributed by atoms with Gasteiger partial charge in [-0.1, -0.05) is 11.6 Å². The normalized spacial score (nSPS) is 10.7. The summed E-state index contributed by atoms with van der Waals surface area (Å²) in [5, 5.41) is 9.85. The third-order valence-electron chi connectivity index (χ3n) is 1.94. The number of benzene rings is 1. The number of carbonyl (C=O) groups is 1. The van der Waals surface area contributed by atoms with E-state index in [-0.39, 0.29) is 5.76 Å². The van der Waals surface area contributed by atoms with Crippen LogP contribution in [0.4, 0.5) is 0 Å². The van der Waals surface area contributed by atoms with Crippen LogP contribution in [0.15, 0.2) is 22.6 Å². The van der Waals surface area contributed by atoms with Crippen molar-refractivity contribution in [2.24, 2.45) is 0 Å². The molecule has 1 heterocycles. The van der Waals surface area contributed by atoms with Crippen LogP contribution in [0.25, 0.3) is 11.0 Å². The topological polar surface area (TPSA) is 50.4 Å². The van der Waals surface area contributed by atoms with E-state index in [0.717, 1.165) is 5.56 Å². The fraction of sp³-hybridized carbons (Fsp3) is 0.100. The zero-order chi connectivity index (χ0) is 10.3. The van der Waals surface area contributed by atoms with E-state index < -0.39 is 5.97 Å². The van der Waals surface area contributed by atoms with E-state index in [0.29, 0.717) is 16.0 Å². The van der Waals surface area contributed by atoms with E-state index >= 15 is 0 Å². The second kappa shape index (κ2) is 3.03. The number of hydrogen-bond acceptors (Lipinski definition) is 2.